The molecule has 3 aromatic rings. The van der Waals surface area contributed by atoms with Gasteiger partial charge in [0.15, 0.2) is 5.69 Å². The van der Waals surface area contributed by atoms with Crippen LogP contribution in [0.5, 0.6) is 5.75 Å². The molecule has 7 heteroatoms. The Kier molecular flexibility index (Phi) is 5.06. The summed E-state index contributed by atoms with van der Waals surface area (Å²) in [6.45, 7) is 1.34. The van der Waals surface area contributed by atoms with Crippen LogP contribution in [0.1, 0.15) is 46.7 Å². The molecule has 4 heterocycles. The molecule has 0 bridgehead atoms. The Labute approximate surface area is 174 Å². The summed E-state index contributed by atoms with van der Waals surface area (Å²) >= 11 is 1.71. The second-order valence-corrected chi connectivity index (χ2v) is 8.81. The molecule has 1 amide bonds. The van der Waals surface area contributed by atoms with Crippen LogP contribution in [-0.2, 0) is 19.5 Å². The number of nitrogens with zero attached hydrogens (tertiary/aromatic N) is 4. The number of fused-ring (bicyclic) bond motifs is 1. The number of rotatable bonds is 6. The topological polar surface area (TPSA) is 60.3 Å². The second kappa shape index (κ2) is 7.99. The number of carbonyl (C=O) groups excluding carboxylic acids is 1. The van der Waals surface area contributed by atoms with E-state index >= 15 is 0 Å². The second-order valence-electron chi connectivity index (χ2n) is 7.78. The van der Waals surface area contributed by atoms with Crippen molar-refractivity contribution < 1.29 is 9.53 Å². The quantitative estimate of drug-likeness (QED) is 0.620. The third kappa shape index (κ3) is 3.92. The van der Waals surface area contributed by atoms with E-state index in [1.807, 2.05) is 33.8 Å². The Morgan fingerprint density at radius 1 is 1.24 bits per heavy atom. The zero-order valence-corrected chi connectivity index (χ0v) is 17.1. The van der Waals surface area contributed by atoms with Crippen LogP contribution < -0.4 is 4.74 Å². The molecule has 3 aromatic heterocycles. The molecule has 0 radical (unpaired) electrons. The first-order valence-electron chi connectivity index (χ1n) is 10.2. The van der Waals surface area contributed by atoms with Crippen LogP contribution >= 0.6 is 11.3 Å². The first-order valence-corrected chi connectivity index (χ1v) is 11.1. The summed E-state index contributed by atoms with van der Waals surface area (Å²) in [5, 5.41) is 6.71. The molecule has 0 unspecified atom stereocenters. The molecular formula is C22H24N4O2S. The minimum atomic E-state index is 0.0427. The summed E-state index contributed by atoms with van der Waals surface area (Å²) in [7, 11) is 0. The van der Waals surface area contributed by atoms with Gasteiger partial charge in [-0.15, -0.1) is 11.3 Å². The molecule has 150 valence electrons. The van der Waals surface area contributed by atoms with Gasteiger partial charge in [0.2, 0.25) is 0 Å². The van der Waals surface area contributed by atoms with Gasteiger partial charge in [0, 0.05) is 35.4 Å². The van der Waals surface area contributed by atoms with Gasteiger partial charge in [0.05, 0.1) is 13.1 Å². The highest BCUT2D eigenvalue weighted by Crippen LogP contribution is 2.28. The van der Waals surface area contributed by atoms with Crippen molar-refractivity contribution in [2.24, 2.45) is 0 Å². The summed E-state index contributed by atoms with van der Waals surface area (Å²) in [6.07, 6.45) is 8.84. The van der Waals surface area contributed by atoms with Crippen LogP contribution in [0.25, 0.3) is 0 Å². The van der Waals surface area contributed by atoms with Crippen molar-refractivity contribution >= 4 is 17.2 Å². The monoisotopic (exact) mass is 408 g/mol. The van der Waals surface area contributed by atoms with E-state index in [9.17, 15) is 4.79 Å². The lowest BCUT2D eigenvalue weighted by Gasteiger charge is -2.28. The van der Waals surface area contributed by atoms with E-state index in [1.165, 1.54) is 17.7 Å². The lowest BCUT2D eigenvalue weighted by Crippen LogP contribution is -2.38. The standard InChI is InChI=1S/C22H24N4O2S/c27-22(25(16-4-1-2-5-16)15-20-6-3-11-29-20)21-13-17-12-19(14-26(17)24-21)28-18-7-9-23-10-8-18/h3,6-11,13,16,19H,1-2,4-5,12,14-15H2/t19-/m0/s1. The molecule has 0 aromatic carbocycles. The van der Waals surface area contributed by atoms with Crippen molar-refractivity contribution in [3.8, 4) is 5.75 Å². The Hall–Kier alpha value is -2.67. The van der Waals surface area contributed by atoms with E-state index in [0.717, 1.165) is 30.7 Å². The van der Waals surface area contributed by atoms with Crippen molar-refractivity contribution in [3.63, 3.8) is 0 Å². The van der Waals surface area contributed by atoms with E-state index in [4.69, 9.17) is 4.74 Å². The number of thiophene rings is 1. The van der Waals surface area contributed by atoms with Gasteiger partial charge < -0.3 is 9.64 Å². The maximum atomic E-state index is 13.4. The smallest absolute Gasteiger partial charge is 0.274 e. The number of amides is 1. The molecule has 1 fully saturated rings. The van der Waals surface area contributed by atoms with Crippen LogP contribution in [0, 0.1) is 0 Å². The van der Waals surface area contributed by atoms with E-state index in [0.29, 0.717) is 24.8 Å². The summed E-state index contributed by atoms with van der Waals surface area (Å²) in [6, 6.07) is 10.2. The fourth-order valence-corrected chi connectivity index (χ4v) is 5.06. The number of hydrogen-bond donors (Lipinski definition) is 0. The average molecular weight is 409 g/mol. The Bertz CT molecular complexity index is 941. The third-order valence-electron chi connectivity index (χ3n) is 5.78. The van der Waals surface area contributed by atoms with E-state index < -0.39 is 0 Å². The van der Waals surface area contributed by atoms with Crippen molar-refractivity contribution in [3.05, 3.63) is 64.4 Å². The molecule has 2 aliphatic rings. The number of ether oxygens (including phenoxy) is 1. The fourth-order valence-electron chi connectivity index (χ4n) is 4.36. The first-order chi connectivity index (χ1) is 14.3. The molecule has 6 nitrogen and oxygen atoms in total. The van der Waals surface area contributed by atoms with E-state index in [2.05, 4.69) is 21.5 Å². The minimum Gasteiger partial charge on any atom is -0.488 e. The first kappa shape index (κ1) is 18.4. The predicted octanol–water partition coefficient (Wildman–Crippen LogP) is 3.93. The van der Waals surface area contributed by atoms with Gasteiger partial charge in [-0.05, 0) is 42.5 Å². The Morgan fingerprint density at radius 3 is 2.79 bits per heavy atom. The summed E-state index contributed by atoms with van der Waals surface area (Å²) in [5.41, 5.74) is 1.63. The number of pyridine rings is 1. The predicted molar refractivity (Wildman–Crippen MR) is 111 cm³/mol. The average Bonchev–Trinajstić information content (AvgIpc) is 3.50. The maximum absolute atomic E-state index is 13.4. The molecule has 0 N–H and O–H groups in total. The van der Waals surface area contributed by atoms with Gasteiger partial charge in [-0.25, -0.2) is 0 Å². The molecule has 5 rings (SSSR count). The minimum absolute atomic E-state index is 0.0427. The van der Waals surface area contributed by atoms with Crippen molar-refractivity contribution in [2.75, 3.05) is 0 Å². The van der Waals surface area contributed by atoms with Gasteiger partial charge in [0.25, 0.3) is 5.91 Å². The van der Waals surface area contributed by atoms with E-state index in [1.54, 1.807) is 23.7 Å². The van der Waals surface area contributed by atoms with Crippen LogP contribution in [0.4, 0.5) is 0 Å². The SMILES string of the molecule is O=C(c1cc2n(n1)C[C@@H](Oc1ccncc1)C2)N(Cc1cccs1)C1CCCC1. The largest absolute Gasteiger partial charge is 0.488 e. The molecule has 1 aliphatic carbocycles. The van der Waals surface area contributed by atoms with Crippen molar-refractivity contribution in [2.45, 2.75) is 57.3 Å². The maximum Gasteiger partial charge on any atom is 0.274 e. The molecule has 1 aliphatic heterocycles. The molecule has 1 saturated carbocycles. The number of aromatic nitrogens is 3. The van der Waals surface area contributed by atoms with Crippen LogP contribution in [0.15, 0.2) is 48.1 Å². The van der Waals surface area contributed by atoms with Crippen molar-refractivity contribution in [1.29, 1.82) is 0 Å². The van der Waals surface area contributed by atoms with Gasteiger partial charge in [0.1, 0.15) is 11.9 Å². The zero-order valence-electron chi connectivity index (χ0n) is 16.2. The molecule has 0 spiro atoms. The highest BCUT2D eigenvalue weighted by molar-refractivity contribution is 7.09. The van der Waals surface area contributed by atoms with Gasteiger partial charge in [-0.2, -0.15) is 5.10 Å². The molecule has 0 saturated heterocycles. The number of hydrogen-bond acceptors (Lipinski definition) is 5. The van der Waals surface area contributed by atoms with Gasteiger partial charge in [-0.3, -0.25) is 14.5 Å². The summed E-state index contributed by atoms with van der Waals surface area (Å²) in [5.74, 6) is 0.870. The van der Waals surface area contributed by atoms with Gasteiger partial charge in [-0.1, -0.05) is 18.9 Å². The van der Waals surface area contributed by atoms with Crippen LogP contribution in [0.3, 0.4) is 0 Å². The third-order valence-corrected chi connectivity index (χ3v) is 6.64. The normalized spacial score (nSPS) is 18.7. The summed E-state index contributed by atoms with van der Waals surface area (Å²) in [4.78, 5) is 20.6. The van der Waals surface area contributed by atoms with Gasteiger partial charge >= 0.3 is 0 Å². The van der Waals surface area contributed by atoms with Crippen LogP contribution in [-0.4, -0.2) is 37.7 Å². The molecule has 1 atom stereocenters. The fraction of sp³-hybridized carbons (Fsp3) is 0.409. The number of carbonyl (C=O) groups is 1. The Morgan fingerprint density at radius 2 is 2.07 bits per heavy atom. The lowest BCUT2D eigenvalue weighted by molar-refractivity contribution is 0.0659. The van der Waals surface area contributed by atoms with Crippen molar-refractivity contribution in [1.82, 2.24) is 19.7 Å². The Balaban J connectivity index is 1.30. The molecular weight excluding hydrogens is 384 g/mol. The highest BCUT2D eigenvalue weighted by Gasteiger charge is 2.32. The molecule has 29 heavy (non-hydrogen) atoms. The van der Waals surface area contributed by atoms with Crippen LogP contribution in [0.2, 0.25) is 0 Å². The van der Waals surface area contributed by atoms with E-state index in [-0.39, 0.29) is 12.0 Å². The zero-order chi connectivity index (χ0) is 19.6. The summed E-state index contributed by atoms with van der Waals surface area (Å²) < 4.78 is 7.95. The highest BCUT2D eigenvalue weighted by atomic mass is 32.1. The lowest BCUT2D eigenvalue weighted by atomic mass is 10.1.